The van der Waals surface area contributed by atoms with Crippen LogP contribution in [0.2, 0.25) is 0 Å². The third-order valence-electron chi connectivity index (χ3n) is 4.24. The van der Waals surface area contributed by atoms with E-state index in [9.17, 15) is 57.1 Å². The molecule has 0 N–H and O–H groups in total. The van der Waals surface area contributed by atoms with E-state index in [0.717, 1.165) is 0 Å². The molecule has 0 spiro atoms. The fourth-order valence-corrected chi connectivity index (χ4v) is 2.37. The minimum atomic E-state index is -7.84. The Kier molecular flexibility index (Phi) is 11.4. The van der Waals surface area contributed by atoms with Gasteiger partial charge < -0.3 is 0 Å². The summed E-state index contributed by atoms with van der Waals surface area (Å²) >= 11 is 0. The van der Waals surface area contributed by atoms with E-state index in [2.05, 4.69) is 0 Å². The molecule has 0 nitrogen and oxygen atoms in total. The molecule has 33 heavy (non-hydrogen) atoms. The van der Waals surface area contributed by atoms with E-state index in [1.54, 1.807) is 0 Å². The van der Waals surface area contributed by atoms with Crippen LogP contribution in [0.25, 0.3) is 0 Å². The van der Waals surface area contributed by atoms with Crippen molar-refractivity contribution in [3.05, 3.63) is 63.7 Å². The van der Waals surface area contributed by atoms with Gasteiger partial charge in [-0.2, -0.15) is 57.1 Å². The summed E-state index contributed by atoms with van der Waals surface area (Å²) in [7, 11) is 0. The topological polar surface area (TPSA) is 0 Å². The van der Waals surface area contributed by atoms with E-state index in [1.807, 2.05) is 32.1 Å². The van der Waals surface area contributed by atoms with Crippen LogP contribution in [0.1, 0.15) is 19.3 Å². The fraction of sp³-hybridized carbons (Fsp3) is 0.474. The van der Waals surface area contributed by atoms with Crippen LogP contribution in [0.4, 0.5) is 57.1 Å². The molecule has 2 fully saturated rings. The second-order valence-corrected chi connectivity index (χ2v) is 6.61. The van der Waals surface area contributed by atoms with Crippen molar-refractivity contribution in [1.29, 1.82) is 0 Å². The van der Waals surface area contributed by atoms with Gasteiger partial charge in [-0.15, -0.1) is 0 Å². The van der Waals surface area contributed by atoms with E-state index in [-0.39, 0.29) is 23.5 Å². The molecule has 0 bridgehead atoms. The van der Waals surface area contributed by atoms with Crippen molar-refractivity contribution >= 4 is 0 Å². The van der Waals surface area contributed by atoms with Crippen LogP contribution >= 0.6 is 0 Å². The van der Waals surface area contributed by atoms with Gasteiger partial charge in [0, 0.05) is 6.42 Å². The Labute approximate surface area is 193 Å². The van der Waals surface area contributed by atoms with Crippen LogP contribution in [-0.4, -0.2) is 35.8 Å². The molecule has 0 amide bonds. The monoisotopic (exact) mass is 546 g/mol. The molecule has 0 aromatic heterocycles. The van der Waals surface area contributed by atoms with Crippen molar-refractivity contribution < 1.29 is 74.1 Å². The Bertz CT molecular complexity index is 569. The van der Waals surface area contributed by atoms with Crippen molar-refractivity contribution in [3.63, 3.8) is 0 Å². The maximum atomic E-state index is 13.5. The molecule has 0 atom stereocenters. The van der Waals surface area contributed by atoms with Crippen LogP contribution in [0.5, 0.6) is 0 Å². The molecule has 2 saturated carbocycles. The van der Waals surface area contributed by atoms with E-state index in [1.165, 1.54) is 25.7 Å². The van der Waals surface area contributed by atoms with Gasteiger partial charge in [0.1, 0.15) is 0 Å². The molecule has 2 aliphatic rings. The Hall–Kier alpha value is -0.391. The Morgan fingerprint density at radius 2 is 0.848 bits per heavy atom. The van der Waals surface area contributed by atoms with Crippen molar-refractivity contribution in [3.8, 4) is 0 Å². The van der Waals surface area contributed by atoms with Crippen LogP contribution in [-0.2, 0) is 17.1 Å². The van der Waals surface area contributed by atoms with Gasteiger partial charge in [0.05, 0.1) is 0 Å². The summed E-state index contributed by atoms with van der Waals surface area (Å²) in [6.45, 7) is 0. The summed E-state index contributed by atoms with van der Waals surface area (Å²) in [4.78, 5) is 0. The molecule has 10 radical (unpaired) electrons. The predicted molar refractivity (Wildman–Crippen MR) is 86.6 cm³/mol. The summed E-state index contributed by atoms with van der Waals surface area (Å²) in [5.74, 6) is -36.1. The maximum Gasteiger partial charge on any atom is 2.00 e. The van der Waals surface area contributed by atoms with Crippen LogP contribution < -0.4 is 0 Å². The number of rotatable bonds is 8. The molecule has 2 aliphatic carbocycles. The zero-order valence-electron chi connectivity index (χ0n) is 16.1. The van der Waals surface area contributed by atoms with Crippen molar-refractivity contribution in [2.45, 2.75) is 55.1 Å². The normalized spacial score (nSPS) is 19.2. The molecule has 0 aromatic rings. The van der Waals surface area contributed by atoms with Gasteiger partial charge in [-0.3, -0.25) is 0 Å². The zero-order valence-corrected chi connectivity index (χ0v) is 17.2. The average molecular weight is 546 g/mol. The summed E-state index contributed by atoms with van der Waals surface area (Å²) in [5.41, 5.74) is 0. The second kappa shape index (κ2) is 11.6. The number of alkyl halides is 13. The Morgan fingerprint density at radius 1 is 0.485 bits per heavy atom. The molecule has 0 unspecified atom stereocenters. The number of hydrogen-bond acceptors (Lipinski definition) is 0. The SMILES string of the molecule is FC(F)(F)C(F)(F)C(F)(F)C(F)(F)C(F)(F)C(F)(F)CCC[C]1[CH][CH][CH][CH]1.[CH]1[CH][CH][CH][CH]1.[Fe+2]. The fourth-order valence-electron chi connectivity index (χ4n) is 2.37. The first-order valence-corrected chi connectivity index (χ1v) is 8.66. The van der Waals surface area contributed by atoms with Crippen molar-refractivity contribution in [2.75, 3.05) is 0 Å². The first-order chi connectivity index (χ1) is 14.3. The standard InChI is InChI=1S/C14H10F13.C5H5.Fe/c15-9(16,7-3-6-8-4-1-2-5-8)10(17,18)11(19,20)12(21,22)13(23,24)14(25,26)27;1-2-4-5-3-1;/h1-2,4-5H,3,6-7H2;1-5H;/q;;+2. The molecule has 0 heterocycles. The van der Waals surface area contributed by atoms with E-state index in [0.29, 0.717) is 5.92 Å². The third kappa shape index (κ3) is 6.85. The minimum Gasteiger partial charge on any atom is -0.200 e. The van der Waals surface area contributed by atoms with Crippen molar-refractivity contribution in [1.82, 2.24) is 0 Å². The smallest absolute Gasteiger partial charge is 0.200 e. The van der Waals surface area contributed by atoms with Gasteiger partial charge >= 0.3 is 52.9 Å². The Morgan fingerprint density at radius 3 is 1.21 bits per heavy atom. The van der Waals surface area contributed by atoms with E-state index < -0.39 is 48.6 Å². The van der Waals surface area contributed by atoms with Gasteiger partial charge in [-0.25, -0.2) is 0 Å². The van der Waals surface area contributed by atoms with Crippen LogP contribution in [0.15, 0.2) is 0 Å². The molecule has 0 aliphatic heterocycles. The Balaban J connectivity index is 0.00000150. The van der Waals surface area contributed by atoms with Gasteiger partial charge in [0.2, 0.25) is 0 Å². The second-order valence-electron chi connectivity index (χ2n) is 6.61. The summed E-state index contributed by atoms with van der Waals surface area (Å²) in [6.07, 6.45) is 4.62. The predicted octanol–water partition coefficient (Wildman–Crippen LogP) is 7.32. The van der Waals surface area contributed by atoms with E-state index in [4.69, 9.17) is 0 Å². The third-order valence-corrected chi connectivity index (χ3v) is 4.24. The minimum absolute atomic E-state index is 0. The largest absolute Gasteiger partial charge is 2.00 e. The molecule has 2 rings (SSSR count). The van der Waals surface area contributed by atoms with Crippen molar-refractivity contribution in [2.24, 2.45) is 0 Å². The number of hydrogen-bond donors (Lipinski definition) is 0. The van der Waals surface area contributed by atoms with Crippen LogP contribution in [0.3, 0.4) is 0 Å². The quantitative estimate of drug-likeness (QED) is 0.221. The van der Waals surface area contributed by atoms with Crippen LogP contribution in [0, 0.1) is 63.7 Å². The number of halogens is 13. The van der Waals surface area contributed by atoms with Gasteiger partial charge in [-0.05, 0) is 76.5 Å². The van der Waals surface area contributed by atoms with Gasteiger partial charge in [0.25, 0.3) is 0 Å². The average Bonchev–Trinajstić information content (AvgIpc) is 3.36. The molecular weight excluding hydrogens is 531 g/mol. The summed E-state index contributed by atoms with van der Waals surface area (Å²) in [6, 6.07) is 0. The summed E-state index contributed by atoms with van der Waals surface area (Å²) in [5, 5.41) is 0. The molecule has 0 aromatic carbocycles. The summed E-state index contributed by atoms with van der Waals surface area (Å²) < 4.78 is 167. The first-order valence-electron chi connectivity index (χ1n) is 8.66. The van der Waals surface area contributed by atoms with Gasteiger partial charge in [0.15, 0.2) is 0 Å². The molecule has 0 saturated heterocycles. The zero-order chi connectivity index (χ0) is 25.1. The molecule has 14 heteroatoms. The molecule has 188 valence electrons. The molecular formula is C19H15F13Fe+2. The maximum absolute atomic E-state index is 13.5. The first kappa shape index (κ1) is 32.6. The van der Waals surface area contributed by atoms with Gasteiger partial charge in [-0.1, -0.05) is 0 Å². The van der Waals surface area contributed by atoms with E-state index >= 15 is 0 Å².